The van der Waals surface area contributed by atoms with E-state index < -0.39 is 0 Å². The fourth-order valence-corrected chi connectivity index (χ4v) is 2.35. The van der Waals surface area contributed by atoms with Crippen LogP contribution in [0.2, 0.25) is 0 Å². The normalized spacial score (nSPS) is 10.7. The van der Waals surface area contributed by atoms with E-state index in [1.807, 2.05) is 10.7 Å². The number of nitrogens with zero attached hydrogens (tertiary/aromatic N) is 3. The quantitative estimate of drug-likeness (QED) is 0.780. The van der Waals surface area contributed by atoms with Gasteiger partial charge >= 0.3 is 0 Å². The highest BCUT2D eigenvalue weighted by Crippen LogP contribution is 2.24. The maximum Gasteiger partial charge on any atom is 0.0885 e. The van der Waals surface area contributed by atoms with E-state index in [0.717, 1.165) is 24.2 Å². The van der Waals surface area contributed by atoms with Gasteiger partial charge in [-0.2, -0.15) is 0 Å². The SMILES string of the molecule is NCCCn1nncc1-c1ccc(-c2ccccc2)cc1. The second-order valence-electron chi connectivity index (χ2n) is 4.93. The molecular formula is C17H18N4. The number of aromatic nitrogens is 3. The molecule has 0 atom stereocenters. The van der Waals surface area contributed by atoms with Crippen molar-refractivity contribution in [2.75, 3.05) is 6.54 Å². The summed E-state index contributed by atoms with van der Waals surface area (Å²) >= 11 is 0. The topological polar surface area (TPSA) is 56.7 Å². The largest absolute Gasteiger partial charge is 0.330 e. The Morgan fingerprint density at radius 2 is 1.52 bits per heavy atom. The Kier molecular flexibility index (Phi) is 4.07. The predicted molar refractivity (Wildman–Crippen MR) is 84.6 cm³/mol. The van der Waals surface area contributed by atoms with Crippen molar-refractivity contribution in [1.29, 1.82) is 0 Å². The van der Waals surface area contributed by atoms with Gasteiger partial charge in [0, 0.05) is 12.1 Å². The summed E-state index contributed by atoms with van der Waals surface area (Å²) in [6.45, 7) is 1.46. The van der Waals surface area contributed by atoms with Gasteiger partial charge in [0.2, 0.25) is 0 Å². The van der Waals surface area contributed by atoms with Crippen LogP contribution < -0.4 is 5.73 Å². The van der Waals surface area contributed by atoms with Gasteiger partial charge in [0.1, 0.15) is 0 Å². The Labute approximate surface area is 124 Å². The summed E-state index contributed by atoms with van der Waals surface area (Å²) in [7, 11) is 0. The molecule has 1 heterocycles. The number of rotatable bonds is 5. The minimum absolute atomic E-state index is 0.659. The molecule has 0 saturated heterocycles. The molecule has 0 radical (unpaired) electrons. The lowest BCUT2D eigenvalue weighted by Gasteiger charge is -2.07. The fraction of sp³-hybridized carbons (Fsp3) is 0.176. The van der Waals surface area contributed by atoms with Crippen LogP contribution in [0.4, 0.5) is 0 Å². The standard InChI is InChI=1S/C17H18N4/c18-11-4-12-21-17(13-19-20-21)16-9-7-15(8-10-16)14-5-2-1-3-6-14/h1-3,5-10,13H,4,11-12,18H2. The summed E-state index contributed by atoms with van der Waals surface area (Å²) in [6.07, 6.45) is 2.70. The lowest BCUT2D eigenvalue weighted by molar-refractivity contribution is 0.569. The van der Waals surface area contributed by atoms with Crippen molar-refractivity contribution in [3.63, 3.8) is 0 Å². The molecule has 0 aliphatic rings. The number of hydrogen-bond donors (Lipinski definition) is 1. The highest BCUT2D eigenvalue weighted by molar-refractivity contribution is 5.68. The highest BCUT2D eigenvalue weighted by Gasteiger charge is 2.06. The van der Waals surface area contributed by atoms with Crippen LogP contribution in [-0.2, 0) is 6.54 Å². The van der Waals surface area contributed by atoms with Gasteiger partial charge in [0.05, 0.1) is 11.9 Å². The van der Waals surface area contributed by atoms with E-state index in [1.165, 1.54) is 11.1 Å². The molecular weight excluding hydrogens is 260 g/mol. The van der Waals surface area contributed by atoms with Crippen LogP contribution in [0.25, 0.3) is 22.4 Å². The maximum atomic E-state index is 5.56. The third kappa shape index (κ3) is 3.01. The van der Waals surface area contributed by atoms with Gasteiger partial charge in [-0.05, 0) is 24.1 Å². The van der Waals surface area contributed by atoms with E-state index in [9.17, 15) is 0 Å². The van der Waals surface area contributed by atoms with Crippen molar-refractivity contribution in [3.05, 3.63) is 60.8 Å². The second-order valence-corrected chi connectivity index (χ2v) is 4.93. The lowest BCUT2D eigenvalue weighted by atomic mass is 10.0. The Bertz CT molecular complexity index is 686. The monoisotopic (exact) mass is 278 g/mol. The van der Waals surface area contributed by atoms with Gasteiger partial charge in [-0.3, -0.25) is 0 Å². The van der Waals surface area contributed by atoms with Gasteiger partial charge in [-0.1, -0.05) is 59.8 Å². The van der Waals surface area contributed by atoms with Crippen molar-refractivity contribution < 1.29 is 0 Å². The van der Waals surface area contributed by atoms with Crippen LogP contribution >= 0.6 is 0 Å². The van der Waals surface area contributed by atoms with Gasteiger partial charge in [-0.25, -0.2) is 4.68 Å². The molecule has 0 amide bonds. The summed E-state index contributed by atoms with van der Waals surface area (Å²) in [6, 6.07) is 18.8. The highest BCUT2D eigenvalue weighted by atomic mass is 15.4. The molecule has 3 aromatic rings. The molecule has 0 saturated carbocycles. The zero-order chi connectivity index (χ0) is 14.5. The number of benzene rings is 2. The molecule has 0 aliphatic carbocycles. The van der Waals surface area contributed by atoms with Gasteiger partial charge < -0.3 is 5.73 Å². The van der Waals surface area contributed by atoms with Crippen LogP contribution in [0.3, 0.4) is 0 Å². The summed E-state index contributed by atoms with van der Waals surface area (Å²) in [5.74, 6) is 0. The average molecular weight is 278 g/mol. The summed E-state index contributed by atoms with van der Waals surface area (Å²) in [5, 5.41) is 8.13. The first kappa shape index (κ1) is 13.5. The molecule has 0 fully saturated rings. The fourth-order valence-electron chi connectivity index (χ4n) is 2.35. The van der Waals surface area contributed by atoms with Gasteiger partial charge in [-0.15, -0.1) is 5.10 Å². The molecule has 106 valence electrons. The van der Waals surface area contributed by atoms with Crippen molar-refractivity contribution in [2.45, 2.75) is 13.0 Å². The van der Waals surface area contributed by atoms with Crippen molar-refractivity contribution in [1.82, 2.24) is 15.0 Å². The maximum absolute atomic E-state index is 5.56. The summed E-state index contributed by atoms with van der Waals surface area (Å²) in [5.41, 5.74) is 10.1. The second kappa shape index (κ2) is 6.33. The summed E-state index contributed by atoms with van der Waals surface area (Å²) in [4.78, 5) is 0. The third-order valence-electron chi connectivity index (χ3n) is 3.48. The van der Waals surface area contributed by atoms with E-state index >= 15 is 0 Å². The van der Waals surface area contributed by atoms with Gasteiger partial charge in [0.15, 0.2) is 0 Å². The van der Waals surface area contributed by atoms with Crippen LogP contribution in [0.1, 0.15) is 6.42 Å². The van der Waals surface area contributed by atoms with Crippen LogP contribution in [0, 0.1) is 0 Å². The first-order chi connectivity index (χ1) is 10.4. The molecule has 2 N–H and O–H groups in total. The number of nitrogens with two attached hydrogens (primary N) is 1. The zero-order valence-corrected chi connectivity index (χ0v) is 11.8. The minimum Gasteiger partial charge on any atom is -0.330 e. The molecule has 4 nitrogen and oxygen atoms in total. The van der Waals surface area contributed by atoms with Crippen molar-refractivity contribution in [2.24, 2.45) is 5.73 Å². The lowest BCUT2D eigenvalue weighted by Crippen LogP contribution is -2.08. The van der Waals surface area contributed by atoms with Crippen molar-refractivity contribution in [3.8, 4) is 22.4 Å². The molecule has 0 aliphatic heterocycles. The minimum atomic E-state index is 0.659. The average Bonchev–Trinajstić information content (AvgIpc) is 3.02. The number of aryl methyl sites for hydroxylation is 1. The van der Waals surface area contributed by atoms with E-state index in [1.54, 1.807) is 6.20 Å². The van der Waals surface area contributed by atoms with Crippen LogP contribution in [-0.4, -0.2) is 21.5 Å². The Hall–Kier alpha value is -2.46. The Morgan fingerprint density at radius 3 is 2.24 bits per heavy atom. The molecule has 21 heavy (non-hydrogen) atoms. The zero-order valence-electron chi connectivity index (χ0n) is 11.8. The molecule has 0 unspecified atom stereocenters. The van der Waals surface area contributed by atoms with E-state index in [4.69, 9.17) is 5.73 Å². The van der Waals surface area contributed by atoms with Gasteiger partial charge in [0.25, 0.3) is 0 Å². The van der Waals surface area contributed by atoms with E-state index in [-0.39, 0.29) is 0 Å². The molecule has 0 spiro atoms. The van der Waals surface area contributed by atoms with Crippen LogP contribution in [0.5, 0.6) is 0 Å². The summed E-state index contributed by atoms with van der Waals surface area (Å²) < 4.78 is 1.91. The smallest absolute Gasteiger partial charge is 0.0885 e. The first-order valence-corrected chi connectivity index (χ1v) is 7.13. The molecule has 3 rings (SSSR count). The molecule has 0 bridgehead atoms. The first-order valence-electron chi connectivity index (χ1n) is 7.13. The molecule has 4 heteroatoms. The van der Waals surface area contributed by atoms with E-state index in [2.05, 4.69) is 58.8 Å². The molecule has 1 aromatic heterocycles. The van der Waals surface area contributed by atoms with E-state index in [0.29, 0.717) is 6.54 Å². The predicted octanol–water partition coefficient (Wildman–Crippen LogP) is 2.96. The Morgan fingerprint density at radius 1 is 0.857 bits per heavy atom. The number of hydrogen-bond acceptors (Lipinski definition) is 3. The van der Waals surface area contributed by atoms with Crippen LogP contribution in [0.15, 0.2) is 60.8 Å². The molecule has 2 aromatic carbocycles. The van der Waals surface area contributed by atoms with Crippen molar-refractivity contribution >= 4 is 0 Å². The Balaban J connectivity index is 1.86. The third-order valence-corrected chi connectivity index (χ3v) is 3.48.